The topological polar surface area (TPSA) is 74.8 Å². The molecule has 2 aliphatic rings. The highest BCUT2D eigenvalue weighted by Gasteiger charge is 2.40. The molecule has 0 saturated carbocycles. The molecule has 1 fully saturated rings. The highest BCUT2D eigenvalue weighted by Crippen LogP contribution is 2.32. The molecule has 0 radical (unpaired) electrons. The average Bonchev–Trinajstić information content (AvgIpc) is 2.67. The second-order valence-corrected chi connectivity index (χ2v) is 6.19. The van der Waals surface area contributed by atoms with Crippen molar-refractivity contribution in [2.24, 2.45) is 0 Å². The molecule has 1 N–H and O–H groups in total. The van der Waals surface area contributed by atoms with Crippen molar-refractivity contribution in [3.05, 3.63) is 54.0 Å². The van der Waals surface area contributed by atoms with Crippen LogP contribution in [0.25, 0.3) is 0 Å². The van der Waals surface area contributed by atoms with Crippen LogP contribution in [0, 0.1) is 5.95 Å². The fourth-order valence-corrected chi connectivity index (χ4v) is 3.20. The molecule has 2 aromatic rings. The average molecular weight is 356 g/mol. The summed E-state index contributed by atoms with van der Waals surface area (Å²) in [5.41, 5.74) is 1.37. The van der Waals surface area contributed by atoms with E-state index in [4.69, 9.17) is 4.74 Å². The molecule has 1 aromatic heterocycles. The molecule has 1 unspecified atom stereocenters. The number of carbonyl (C=O) groups excluding carboxylic acids is 2. The maximum atomic E-state index is 13.5. The first kappa shape index (κ1) is 16.3. The van der Waals surface area contributed by atoms with Gasteiger partial charge in [0, 0.05) is 13.1 Å². The zero-order chi connectivity index (χ0) is 18.1. The fraction of sp³-hybridized carbons (Fsp3) is 0.278. The van der Waals surface area contributed by atoms with Gasteiger partial charge in [-0.3, -0.25) is 4.79 Å². The van der Waals surface area contributed by atoms with Crippen LogP contribution in [-0.4, -0.2) is 47.6 Å². The molecule has 1 saturated heterocycles. The van der Waals surface area contributed by atoms with Crippen LogP contribution >= 0.6 is 0 Å². The number of nitrogens with zero attached hydrogens (tertiary/aromatic N) is 3. The third-order valence-electron chi connectivity index (χ3n) is 4.52. The molecule has 1 aromatic carbocycles. The monoisotopic (exact) mass is 356 g/mol. The first-order valence-electron chi connectivity index (χ1n) is 8.31. The van der Waals surface area contributed by atoms with Gasteiger partial charge in [-0.05, 0) is 17.7 Å². The van der Waals surface area contributed by atoms with Gasteiger partial charge in [0.2, 0.25) is 11.9 Å². The van der Waals surface area contributed by atoms with E-state index in [-0.39, 0.29) is 19.1 Å². The van der Waals surface area contributed by atoms with Gasteiger partial charge in [-0.25, -0.2) is 9.78 Å². The number of hydrogen-bond acceptors (Lipinski definition) is 5. The second kappa shape index (κ2) is 6.62. The quantitative estimate of drug-likeness (QED) is 0.833. The van der Waals surface area contributed by atoms with E-state index in [9.17, 15) is 14.0 Å². The Morgan fingerprint density at radius 1 is 1.23 bits per heavy atom. The van der Waals surface area contributed by atoms with E-state index in [0.717, 1.165) is 5.56 Å². The maximum Gasteiger partial charge on any atom is 0.410 e. The van der Waals surface area contributed by atoms with Crippen molar-refractivity contribution in [1.29, 1.82) is 0 Å². The number of pyridine rings is 1. The minimum absolute atomic E-state index is 0.164. The summed E-state index contributed by atoms with van der Waals surface area (Å²) in [6.45, 7) is 1.08. The molecule has 8 heteroatoms. The Morgan fingerprint density at radius 3 is 2.85 bits per heavy atom. The second-order valence-electron chi connectivity index (χ2n) is 6.19. The van der Waals surface area contributed by atoms with Crippen LogP contribution in [0.5, 0.6) is 0 Å². The molecule has 3 heterocycles. The lowest BCUT2D eigenvalue weighted by molar-refractivity contribution is -0.118. The van der Waals surface area contributed by atoms with Crippen molar-refractivity contribution in [1.82, 2.24) is 9.88 Å². The number of ether oxygens (including phenoxy) is 1. The SMILES string of the molecule is O=C1Nc2ccc(F)nc2N2CCN(C(=O)OCc3ccccc3)CC12. The van der Waals surface area contributed by atoms with Gasteiger partial charge in [-0.1, -0.05) is 30.3 Å². The van der Waals surface area contributed by atoms with Crippen LogP contribution in [-0.2, 0) is 16.1 Å². The lowest BCUT2D eigenvalue weighted by atomic mass is 10.1. The van der Waals surface area contributed by atoms with Crippen molar-refractivity contribution in [3.8, 4) is 0 Å². The van der Waals surface area contributed by atoms with Crippen molar-refractivity contribution in [3.63, 3.8) is 0 Å². The predicted octanol–water partition coefficient (Wildman–Crippen LogP) is 2.00. The molecule has 0 bridgehead atoms. The van der Waals surface area contributed by atoms with Crippen LogP contribution in [0.15, 0.2) is 42.5 Å². The van der Waals surface area contributed by atoms with E-state index in [1.54, 1.807) is 4.90 Å². The summed E-state index contributed by atoms with van der Waals surface area (Å²) in [7, 11) is 0. The molecule has 0 spiro atoms. The molecule has 2 aliphatic heterocycles. The standard InChI is InChI=1S/C18H17FN4O3/c19-15-7-6-13-16(21-15)23-9-8-22(10-14(23)17(24)20-13)18(25)26-11-12-4-2-1-3-5-12/h1-7,14H,8-11H2,(H,20,24). The number of rotatable bonds is 2. The normalized spacial score (nSPS) is 18.7. The molecule has 2 amide bonds. The van der Waals surface area contributed by atoms with Crippen LogP contribution in [0.1, 0.15) is 5.56 Å². The first-order chi connectivity index (χ1) is 12.6. The predicted molar refractivity (Wildman–Crippen MR) is 92.2 cm³/mol. The van der Waals surface area contributed by atoms with E-state index >= 15 is 0 Å². The van der Waals surface area contributed by atoms with Gasteiger partial charge in [0.1, 0.15) is 12.6 Å². The van der Waals surface area contributed by atoms with Gasteiger partial charge in [-0.15, -0.1) is 0 Å². The summed E-state index contributed by atoms with van der Waals surface area (Å²) in [5, 5.41) is 2.72. The van der Waals surface area contributed by atoms with Crippen LogP contribution in [0.3, 0.4) is 0 Å². The third-order valence-corrected chi connectivity index (χ3v) is 4.52. The highest BCUT2D eigenvalue weighted by atomic mass is 19.1. The third kappa shape index (κ3) is 3.05. The Bertz CT molecular complexity index is 846. The Morgan fingerprint density at radius 2 is 2.04 bits per heavy atom. The van der Waals surface area contributed by atoms with Gasteiger partial charge in [0.25, 0.3) is 0 Å². The van der Waals surface area contributed by atoms with Gasteiger partial charge in [0.15, 0.2) is 5.82 Å². The number of piperazine rings is 1. The van der Waals surface area contributed by atoms with E-state index in [1.807, 2.05) is 30.3 Å². The number of anilines is 2. The first-order valence-corrected chi connectivity index (χ1v) is 8.31. The van der Waals surface area contributed by atoms with Crippen molar-refractivity contribution < 1.29 is 18.7 Å². The molecular weight excluding hydrogens is 339 g/mol. The zero-order valence-corrected chi connectivity index (χ0v) is 13.9. The number of nitrogens with one attached hydrogen (secondary N) is 1. The largest absolute Gasteiger partial charge is 0.445 e. The van der Waals surface area contributed by atoms with E-state index in [2.05, 4.69) is 10.3 Å². The number of hydrogen-bond donors (Lipinski definition) is 1. The summed E-state index contributed by atoms with van der Waals surface area (Å²) in [4.78, 5) is 31.8. The van der Waals surface area contributed by atoms with Crippen LogP contribution in [0.2, 0.25) is 0 Å². The van der Waals surface area contributed by atoms with Crippen LogP contribution in [0.4, 0.5) is 20.7 Å². The van der Waals surface area contributed by atoms with E-state index in [1.165, 1.54) is 17.0 Å². The smallest absolute Gasteiger partial charge is 0.410 e. The maximum absolute atomic E-state index is 13.5. The summed E-state index contributed by atoms with van der Waals surface area (Å²) in [6, 6.07) is 11.5. The van der Waals surface area contributed by atoms with Gasteiger partial charge >= 0.3 is 6.09 Å². The highest BCUT2D eigenvalue weighted by molar-refractivity contribution is 6.03. The Kier molecular flexibility index (Phi) is 4.16. The Hall–Kier alpha value is -3.16. The number of aromatic nitrogens is 1. The number of halogens is 1. The van der Waals surface area contributed by atoms with Gasteiger partial charge < -0.3 is 19.9 Å². The summed E-state index contributed by atoms with van der Waals surface area (Å²) in [6.07, 6.45) is -0.473. The molecule has 26 heavy (non-hydrogen) atoms. The van der Waals surface area contributed by atoms with Crippen molar-refractivity contribution in [2.75, 3.05) is 29.9 Å². The number of amides is 2. The van der Waals surface area contributed by atoms with Gasteiger partial charge in [0.05, 0.1) is 12.2 Å². The Balaban J connectivity index is 1.44. The zero-order valence-electron chi connectivity index (χ0n) is 13.9. The summed E-state index contributed by atoms with van der Waals surface area (Å²) in [5.74, 6) is -0.457. The lowest BCUT2D eigenvalue weighted by Crippen LogP contribution is -2.61. The van der Waals surface area contributed by atoms with Gasteiger partial charge in [-0.2, -0.15) is 4.39 Å². The molecular formula is C18H17FN4O3. The fourth-order valence-electron chi connectivity index (χ4n) is 3.20. The Labute approximate surface area is 149 Å². The summed E-state index contributed by atoms with van der Waals surface area (Å²) >= 11 is 0. The lowest BCUT2D eigenvalue weighted by Gasteiger charge is -2.43. The van der Waals surface area contributed by atoms with Crippen LogP contribution < -0.4 is 10.2 Å². The molecule has 134 valence electrons. The molecule has 1 atom stereocenters. The molecule has 0 aliphatic carbocycles. The summed E-state index contributed by atoms with van der Waals surface area (Å²) < 4.78 is 18.8. The molecule has 4 rings (SSSR count). The van der Waals surface area contributed by atoms with Crippen molar-refractivity contribution in [2.45, 2.75) is 12.6 Å². The van der Waals surface area contributed by atoms with Crippen molar-refractivity contribution >= 4 is 23.5 Å². The van der Waals surface area contributed by atoms with E-state index in [0.29, 0.717) is 24.6 Å². The number of carbonyl (C=O) groups is 2. The minimum atomic E-state index is -0.616. The minimum Gasteiger partial charge on any atom is -0.445 e. The van der Waals surface area contributed by atoms with E-state index < -0.39 is 18.1 Å². The number of benzene rings is 1. The molecule has 7 nitrogen and oxygen atoms in total. The number of fused-ring (bicyclic) bond motifs is 3.